The van der Waals surface area contributed by atoms with E-state index in [-0.39, 0.29) is 16.4 Å². The van der Waals surface area contributed by atoms with Gasteiger partial charge in [-0.2, -0.15) is 10.1 Å². The molecule has 0 saturated carbocycles. The van der Waals surface area contributed by atoms with E-state index < -0.39 is 15.9 Å². The number of nitrogens with zero attached hydrogens (tertiary/aromatic N) is 3. The van der Waals surface area contributed by atoms with Crippen molar-refractivity contribution in [2.45, 2.75) is 18.7 Å². The largest absolute Gasteiger partial charge is 0.291 e. The van der Waals surface area contributed by atoms with Gasteiger partial charge in [-0.1, -0.05) is 0 Å². The zero-order valence-electron chi connectivity index (χ0n) is 12.7. The van der Waals surface area contributed by atoms with Gasteiger partial charge in [0.25, 0.3) is 5.91 Å². The maximum atomic E-state index is 12.4. The Kier molecular flexibility index (Phi) is 4.29. The van der Waals surface area contributed by atoms with Gasteiger partial charge < -0.3 is 0 Å². The van der Waals surface area contributed by atoms with Crippen molar-refractivity contribution in [2.24, 2.45) is 0 Å². The quantitative estimate of drug-likeness (QED) is 0.870. The Morgan fingerprint density at radius 3 is 2.50 bits per heavy atom. The fourth-order valence-electron chi connectivity index (χ4n) is 1.87. The Labute approximate surface area is 128 Å². The molecule has 0 saturated heterocycles. The van der Waals surface area contributed by atoms with E-state index in [1.165, 1.54) is 26.5 Å². The van der Waals surface area contributed by atoms with Crippen LogP contribution in [0.5, 0.6) is 0 Å². The second kappa shape index (κ2) is 5.85. The van der Waals surface area contributed by atoms with Gasteiger partial charge in [-0.15, -0.1) is 0 Å². The Balaban J connectivity index is 2.47. The van der Waals surface area contributed by atoms with Crippen LogP contribution in [0.1, 0.15) is 21.5 Å². The molecule has 2 rings (SSSR count). The van der Waals surface area contributed by atoms with Crippen molar-refractivity contribution in [2.75, 3.05) is 19.4 Å². The van der Waals surface area contributed by atoms with Crippen molar-refractivity contribution in [3.05, 3.63) is 35.2 Å². The smallest absolute Gasteiger partial charge is 0.258 e. The van der Waals surface area contributed by atoms with Crippen LogP contribution >= 0.6 is 0 Å². The molecule has 2 N–H and O–H groups in total. The fourth-order valence-corrected chi connectivity index (χ4v) is 3.09. The molecule has 0 radical (unpaired) electrons. The van der Waals surface area contributed by atoms with Gasteiger partial charge in [-0.25, -0.2) is 17.8 Å². The van der Waals surface area contributed by atoms with Crippen LogP contribution in [-0.4, -0.2) is 47.9 Å². The molecule has 1 heterocycles. The number of anilines is 1. The van der Waals surface area contributed by atoms with Crippen molar-refractivity contribution in [3.63, 3.8) is 0 Å². The molecule has 0 atom stereocenters. The van der Waals surface area contributed by atoms with Gasteiger partial charge >= 0.3 is 0 Å². The van der Waals surface area contributed by atoms with Crippen LogP contribution in [0.25, 0.3) is 0 Å². The monoisotopic (exact) mass is 323 g/mol. The molecule has 0 aliphatic rings. The molecule has 9 heteroatoms. The molecule has 8 nitrogen and oxygen atoms in total. The Hall–Kier alpha value is -2.26. The third-order valence-electron chi connectivity index (χ3n) is 3.29. The van der Waals surface area contributed by atoms with E-state index in [1.807, 2.05) is 0 Å². The summed E-state index contributed by atoms with van der Waals surface area (Å²) < 4.78 is 25.8. The third kappa shape index (κ3) is 3.00. The van der Waals surface area contributed by atoms with Crippen molar-refractivity contribution in [1.82, 2.24) is 19.5 Å². The molecule has 0 unspecified atom stereocenters. The summed E-state index contributed by atoms with van der Waals surface area (Å²) in [5.74, 6) is -0.268. The van der Waals surface area contributed by atoms with Crippen LogP contribution in [0, 0.1) is 13.8 Å². The summed E-state index contributed by atoms with van der Waals surface area (Å²) in [5.41, 5.74) is 1.57. The van der Waals surface area contributed by atoms with E-state index in [0.29, 0.717) is 11.1 Å². The highest BCUT2D eigenvalue weighted by Gasteiger charge is 2.23. The van der Waals surface area contributed by atoms with Gasteiger partial charge in [0.15, 0.2) is 0 Å². The van der Waals surface area contributed by atoms with Gasteiger partial charge in [0, 0.05) is 19.7 Å². The lowest BCUT2D eigenvalue weighted by Crippen LogP contribution is -2.24. The van der Waals surface area contributed by atoms with E-state index >= 15 is 0 Å². The van der Waals surface area contributed by atoms with Crippen molar-refractivity contribution < 1.29 is 13.2 Å². The number of aryl methyl sites for hydroxylation is 1. The average Bonchev–Trinajstić information content (AvgIpc) is 2.93. The second-order valence-corrected chi connectivity index (χ2v) is 7.11. The summed E-state index contributed by atoms with van der Waals surface area (Å²) >= 11 is 0. The lowest BCUT2D eigenvalue weighted by molar-refractivity contribution is 0.102. The predicted octanol–water partition coefficient (Wildman–Crippen LogP) is 0.924. The molecule has 0 spiro atoms. The fraction of sp³-hybridized carbons (Fsp3) is 0.308. The molecule has 22 heavy (non-hydrogen) atoms. The molecular formula is C13H17N5O3S. The highest BCUT2D eigenvalue weighted by molar-refractivity contribution is 7.89. The number of aromatic amines is 1. The van der Waals surface area contributed by atoms with Crippen LogP contribution < -0.4 is 5.32 Å². The molecular weight excluding hydrogens is 306 g/mol. The zero-order chi connectivity index (χ0) is 16.5. The Morgan fingerprint density at radius 2 is 1.95 bits per heavy atom. The normalized spacial score (nSPS) is 11.7. The number of carbonyl (C=O) groups is 1. The maximum absolute atomic E-state index is 12.4. The van der Waals surface area contributed by atoms with Gasteiger partial charge in [-0.05, 0) is 37.1 Å². The summed E-state index contributed by atoms with van der Waals surface area (Å²) in [5, 5.41) is 8.65. The summed E-state index contributed by atoms with van der Waals surface area (Å²) in [4.78, 5) is 16.1. The number of amides is 1. The summed E-state index contributed by atoms with van der Waals surface area (Å²) in [6.45, 7) is 3.47. The topological polar surface area (TPSA) is 108 Å². The van der Waals surface area contributed by atoms with Crippen molar-refractivity contribution in [1.29, 1.82) is 0 Å². The molecule has 0 aliphatic carbocycles. The molecule has 1 aromatic heterocycles. The number of hydrogen-bond donors (Lipinski definition) is 2. The first-order chi connectivity index (χ1) is 10.2. The van der Waals surface area contributed by atoms with Crippen LogP contribution in [-0.2, 0) is 10.0 Å². The maximum Gasteiger partial charge on any atom is 0.258 e. The van der Waals surface area contributed by atoms with E-state index in [1.54, 1.807) is 19.9 Å². The van der Waals surface area contributed by atoms with E-state index in [2.05, 4.69) is 20.5 Å². The molecule has 0 aliphatic heterocycles. The second-order valence-electron chi connectivity index (χ2n) is 4.99. The summed E-state index contributed by atoms with van der Waals surface area (Å²) in [6, 6.07) is 3.00. The number of sulfonamides is 1. The first-order valence-corrected chi connectivity index (χ1v) is 7.88. The van der Waals surface area contributed by atoms with Gasteiger partial charge in [0.05, 0.1) is 4.90 Å². The highest BCUT2D eigenvalue weighted by atomic mass is 32.2. The standard InChI is InChI=1S/C13H17N5O3S/c1-8-5-10(12(19)16-13-14-7-15-17-13)6-11(9(8)2)22(20,21)18(3)4/h5-7H,1-4H3,(H2,14,15,16,17,19). The van der Waals surface area contributed by atoms with E-state index in [9.17, 15) is 13.2 Å². The summed E-state index contributed by atoms with van der Waals surface area (Å²) in [7, 11) is -0.731. The highest BCUT2D eigenvalue weighted by Crippen LogP contribution is 2.23. The minimum Gasteiger partial charge on any atom is -0.291 e. The Bertz CT molecular complexity index is 797. The van der Waals surface area contributed by atoms with E-state index in [0.717, 1.165) is 4.31 Å². The van der Waals surface area contributed by atoms with Crippen LogP contribution in [0.2, 0.25) is 0 Å². The Morgan fingerprint density at radius 1 is 1.27 bits per heavy atom. The lowest BCUT2D eigenvalue weighted by atomic mass is 10.1. The number of rotatable bonds is 4. The number of benzene rings is 1. The predicted molar refractivity (Wildman–Crippen MR) is 81.1 cm³/mol. The molecule has 0 fully saturated rings. The average molecular weight is 323 g/mol. The number of carbonyl (C=O) groups excluding carboxylic acids is 1. The summed E-state index contributed by atoms with van der Waals surface area (Å²) in [6.07, 6.45) is 1.26. The molecule has 1 aromatic carbocycles. The molecule has 2 aromatic rings. The van der Waals surface area contributed by atoms with Crippen LogP contribution in [0.15, 0.2) is 23.4 Å². The van der Waals surface area contributed by atoms with Gasteiger partial charge in [0.2, 0.25) is 16.0 Å². The minimum absolute atomic E-state index is 0.111. The lowest BCUT2D eigenvalue weighted by Gasteiger charge is -2.16. The number of H-pyrrole nitrogens is 1. The third-order valence-corrected chi connectivity index (χ3v) is 5.23. The zero-order valence-corrected chi connectivity index (χ0v) is 13.5. The SMILES string of the molecule is Cc1cc(C(=O)Nc2ncn[nH]2)cc(S(=O)(=O)N(C)C)c1C. The number of aromatic nitrogens is 3. The van der Waals surface area contributed by atoms with Crippen LogP contribution in [0.4, 0.5) is 5.95 Å². The number of nitrogens with one attached hydrogen (secondary N) is 2. The molecule has 1 amide bonds. The van der Waals surface area contributed by atoms with E-state index in [4.69, 9.17) is 0 Å². The first kappa shape index (κ1) is 16.1. The minimum atomic E-state index is -3.63. The van der Waals surface area contributed by atoms with Crippen molar-refractivity contribution >= 4 is 21.9 Å². The molecule has 0 bridgehead atoms. The first-order valence-electron chi connectivity index (χ1n) is 6.44. The number of hydrogen-bond acceptors (Lipinski definition) is 5. The molecule has 118 valence electrons. The van der Waals surface area contributed by atoms with Crippen molar-refractivity contribution in [3.8, 4) is 0 Å². The van der Waals surface area contributed by atoms with Gasteiger partial charge in [0.1, 0.15) is 6.33 Å². The van der Waals surface area contributed by atoms with Gasteiger partial charge in [-0.3, -0.25) is 10.1 Å². The van der Waals surface area contributed by atoms with Crippen LogP contribution in [0.3, 0.4) is 0 Å².